The molecule has 7 nitrogen and oxygen atoms in total. The Morgan fingerprint density at radius 3 is 2.52 bits per heavy atom. The zero-order valence-electron chi connectivity index (χ0n) is 19.3. The van der Waals surface area contributed by atoms with Crippen LogP contribution in [-0.4, -0.2) is 57.1 Å². The number of hydrogen-bond acceptors (Lipinski definition) is 5. The predicted molar refractivity (Wildman–Crippen MR) is 126 cm³/mol. The number of para-hydroxylation sites is 1. The van der Waals surface area contributed by atoms with E-state index in [2.05, 4.69) is 28.1 Å². The molecule has 1 saturated carbocycles. The number of carbonyl (C=O) groups excluding carboxylic acids is 1. The zero-order valence-corrected chi connectivity index (χ0v) is 21.1. The number of phenolic OH excluding ortho intramolecular Hbond substituents is 1. The molecule has 3 aromatic rings. The molecule has 0 atom stereocenters. The molecule has 2 fully saturated rings. The molecule has 0 amide bonds. The van der Waals surface area contributed by atoms with Crippen molar-refractivity contribution in [3.05, 3.63) is 55.5 Å². The number of carbonyl (C=O) groups is 1. The summed E-state index contributed by atoms with van der Waals surface area (Å²) in [4.78, 5) is 20.5. The standard InChI is InChI=1S/C18H20N5O.C6H10O.CH3.Er/c1-22-10-7-13(8-11-22)20-18-12-15(14-4-2-3-5-16(14)24)21-17-6-9-19-23(17)18;7-5-6-3-1-2-4-6;;/h2-5,9,12-13,21,24H,7-8,10-11H2,1H3;5-6H,1-4H2;1H3;/q-1;;-1;. The molecule has 0 radical (unpaired) electrons. The van der Waals surface area contributed by atoms with Gasteiger partial charge in [-0.05, 0) is 63.6 Å². The maximum Gasteiger partial charge on any atom is 0.149 e. The smallest absolute Gasteiger partial charge is 0.149 e. The summed E-state index contributed by atoms with van der Waals surface area (Å²) < 4.78 is 1.77. The molecule has 0 unspecified atom stereocenters. The van der Waals surface area contributed by atoms with Crippen LogP contribution in [0.1, 0.15) is 38.5 Å². The molecule has 1 aliphatic heterocycles. The second-order valence-electron chi connectivity index (χ2n) is 8.45. The van der Waals surface area contributed by atoms with Crippen LogP contribution < -0.4 is 5.49 Å². The molecule has 184 valence electrons. The largest absolute Gasteiger partial charge is 0.507 e. The van der Waals surface area contributed by atoms with E-state index in [1.165, 1.54) is 12.8 Å². The van der Waals surface area contributed by atoms with E-state index in [4.69, 9.17) is 4.99 Å². The summed E-state index contributed by atoms with van der Waals surface area (Å²) in [7, 11) is 2.14. The quantitative estimate of drug-likeness (QED) is 0.354. The number of fused-ring (bicyclic) bond motifs is 1. The van der Waals surface area contributed by atoms with Crippen LogP contribution in [0.3, 0.4) is 0 Å². The minimum atomic E-state index is 0. The first-order chi connectivity index (χ1) is 15.1. The molecule has 33 heavy (non-hydrogen) atoms. The normalized spacial score (nSPS) is 17.7. The Balaban J connectivity index is 0.000000371. The Hall–Kier alpha value is -1.68. The van der Waals surface area contributed by atoms with Crippen molar-refractivity contribution in [2.75, 3.05) is 20.1 Å². The van der Waals surface area contributed by atoms with Crippen molar-refractivity contribution in [2.24, 2.45) is 10.9 Å². The van der Waals surface area contributed by atoms with Crippen molar-refractivity contribution in [3.63, 3.8) is 0 Å². The van der Waals surface area contributed by atoms with E-state index in [0.717, 1.165) is 67.5 Å². The van der Waals surface area contributed by atoms with Gasteiger partial charge in [-0.25, -0.2) is 9.61 Å². The number of H-pyrrole nitrogens is 1. The molecule has 5 rings (SSSR count). The Labute approximate surface area is 225 Å². The van der Waals surface area contributed by atoms with E-state index in [0.29, 0.717) is 12.0 Å². The van der Waals surface area contributed by atoms with Gasteiger partial charge < -0.3 is 33.3 Å². The summed E-state index contributed by atoms with van der Waals surface area (Å²) in [6.45, 7) is 2.13. The van der Waals surface area contributed by atoms with Gasteiger partial charge >= 0.3 is 0 Å². The van der Waals surface area contributed by atoms with Crippen LogP contribution in [0.5, 0.6) is 5.75 Å². The zero-order chi connectivity index (χ0) is 21.6. The van der Waals surface area contributed by atoms with Crippen molar-refractivity contribution in [1.82, 2.24) is 19.5 Å². The molecule has 1 aromatic carbocycles. The van der Waals surface area contributed by atoms with Gasteiger partial charge in [0, 0.05) is 54.9 Å². The van der Waals surface area contributed by atoms with Gasteiger partial charge in [0.2, 0.25) is 0 Å². The molecule has 0 spiro atoms. The summed E-state index contributed by atoms with van der Waals surface area (Å²) in [5.74, 6) is 0.655. The third-order valence-electron chi connectivity index (χ3n) is 6.12. The van der Waals surface area contributed by atoms with E-state index < -0.39 is 0 Å². The SMILES string of the molecule is CN1CCC(N=c2cc(-c3ccccc3O)[nH]c3[c-]cnn23)CC1.O=CC1CCCC1.[CH3-].[Er]. The fourth-order valence-corrected chi connectivity index (χ4v) is 4.23. The van der Waals surface area contributed by atoms with E-state index in [1.54, 1.807) is 16.8 Å². The molecular formula is C25H33ErN5O2-2. The second kappa shape index (κ2) is 13.3. The van der Waals surface area contributed by atoms with Gasteiger partial charge in [0.1, 0.15) is 17.5 Å². The van der Waals surface area contributed by atoms with Crippen LogP contribution in [-0.2, 0) is 4.79 Å². The number of hydrogen-bond donors (Lipinski definition) is 2. The van der Waals surface area contributed by atoms with Crippen molar-refractivity contribution in [3.8, 4) is 17.0 Å². The van der Waals surface area contributed by atoms with Crippen LogP contribution in [0.25, 0.3) is 16.9 Å². The Morgan fingerprint density at radius 2 is 1.88 bits per heavy atom. The number of phenols is 1. The summed E-state index contributed by atoms with van der Waals surface area (Å²) in [5.41, 5.74) is 3.08. The van der Waals surface area contributed by atoms with E-state index in [9.17, 15) is 9.90 Å². The molecule has 2 N–H and O–H groups in total. The van der Waals surface area contributed by atoms with Crippen LogP contribution in [0.4, 0.5) is 0 Å². The number of aromatic amines is 1. The molecule has 8 heteroatoms. The fourth-order valence-electron chi connectivity index (χ4n) is 4.23. The van der Waals surface area contributed by atoms with Crippen LogP contribution >= 0.6 is 0 Å². The van der Waals surface area contributed by atoms with Crippen molar-refractivity contribution < 1.29 is 47.2 Å². The number of nitrogens with zero attached hydrogens (tertiary/aromatic N) is 4. The molecule has 2 aliphatic rings. The number of rotatable bonds is 3. The minimum Gasteiger partial charge on any atom is -0.507 e. The number of nitrogens with one attached hydrogen (secondary N) is 1. The topological polar surface area (TPSA) is 86.0 Å². The first-order valence-electron chi connectivity index (χ1n) is 11.1. The number of benzene rings is 1. The van der Waals surface area contributed by atoms with E-state index >= 15 is 0 Å². The average Bonchev–Trinajstić information content (AvgIpc) is 3.48. The molecule has 1 saturated heterocycles. The van der Waals surface area contributed by atoms with Crippen LogP contribution in [0.15, 0.2) is 41.5 Å². The van der Waals surface area contributed by atoms with Crippen molar-refractivity contribution in [2.45, 2.75) is 44.6 Å². The van der Waals surface area contributed by atoms with Gasteiger partial charge in [-0.1, -0.05) is 25.0 Å². The molecule has 0 bridgehead atoms. The van der Waals surface area contributed by atoms with E-state index in [-0.39, 0.29) is 50.5 Å². The molecular weight excluding hydrogens is 570 g/mol. The number of piperidine rings is 1. The monoisotopic (exact) mass is 601 g/mol. The third kappa shape index (κ3) is 7.15. The first kappa shape index (κ1) is 27.6. The fraction of sp³-hybridized carbons (Fsp3) is 0.440. The van der Waals surface area contributed by atoms with Gasteiger partial charge in [-0.3, -0.25) is 4.99 Å². The van der Waals surface area contributed by atoms with E-state index in [1.807, 2.05) is 24.3 Å². The van der Waals surface area contributed by atoms with Crippen molar-refractivity contribution >= 4 is 11.9 Å². The summed E-state index contributed by atoms with van der Waals surface area (Å²) >= 11 is 0. The number of aldehydes is 1. The van der Waals surface area contributed by atoms with Gasteiger partial charge in [0.15, 0.2) is 0 Å². The van der Waals surface area contributed by atoms with Gasteiger partial charge in [0.05, 0.1) is 11.7 Å². The minimum absolute atomic E-state index is 0. The third-order valence-corrected chi connectivity index (χ3v) is 6.12. The number of aromatic nitrogens is 3. The predicted octanol–water partition coefficient (Wildman–Crippen LogP) is 3.66. The number of likely N-dealkylation sites (tertiary alicyclic amines) is 1. The van der Waals surface area contributed by atoms with Crippen LogP contribution in [0, 0.1) is 56.7 Å². The first-order valence-corrected chi connectivity index (χ1v) is 11.1. The van der Waals surface area contributed by atoms with Gasteiger partial charge in [-0.15, -0.1) is 6.20 Å². The van der Waals surface area contributed by atoms with Crippen LogP contribution in [0.2, 0.25) is 0 Å². The maximum absolute atomic E-state index is 10.1. The van der Waals surface area contributed by atoms with Gasteiger partial charge in [-0.2, -0.15) is 0 Å². The summed E-state index contributed by atoms with van der Waals surface area (Å²) in [6.07, 6.45) is 9.64. The summed E-state index contributed by atoms with van der Waals surface area (Å²) in [6, 6.07) is 12.6. The molecule has 1 aliphatic carbocycles. The average molecular weight is 603 g/mol. The number of aromatic hydroxyl groups is 1. The summed E-state index contributed by atoms with van der Waals surface area (Å²) in [5, 5.41) is 14.5. The second-order valence-corrected chi connectivity index (χ2v) is 8.45. The Morgan fingerprint density at radius 1 is 1.18 bits per heavy atom. The van der Waals surface area contributed by atoms with Crippen molar-refractivity contribution in [1.29, 1.82) is 0 Å². The molecule has 3 heterocycles. The Kier molecular flexibility index (Phi) is 11.1. The van der Waals surface area contributed by atoms with Gasteiger partial charge in [0.25, 0.3) is 0 Å². The molecule has 2 aromatic heterocycles. The Bertz CT molecular complexity index is 1080. The maximum atomic E-state index is 10.1.